The largest absolute Gasteiger partial charge is 0.444 e. The standard InChI is InChI=1S/C31H42FN5O7S/c1-18-6-4-5-7-20-16-31(20,28(40)36-45(42,43)30(3)12-13-30)35-26(38)24-15-23(17-37(24)27(39)25(33)19(2)14-18)44-29(41)34-22-10-8-21(32)9-11-22/h5,7-11,18-20,23-25H,4,6,12-17,33H2,1-3H3,(H,34,41)(H,35,38)(H,36,40)/b7-5-/t18?,19-,20?,23-,24+,25+,31-/m1/s1. The zero-order valence-electron chi connectivity index (χ0n) is 25.8. The van der Waals surface area contributed by atoms with E-state index < -0.39 is 74.0 Å². The van der Waals surface area contributed by atoms with Crippen LogP contribution in [-0.2, 0) is 29.1 Å². The fraction of sp³-hybridized carbons (Fsp3) is 0.613. The predicted octanol–water partition coefficient (Wildman–Crippen LogP) is 2.56. The molecule has 2 unspecified atom stereocenters. The minimum Gasteiger partial charge on any atom is -0.444 e. The zero-order chi connectivity index (χ0) is 32.7. The summed E-state index contributed by atoms with van der Waals surface area (Å²) in [5.74, 6) is -2.84. The number of halogens is 1. The number of carbonyl (C=O) groups is 4. The Morgan fingerprint density at radius 3 is 2.49 bits per heavy atom. The molecule has 1 saturated heterocycles. The minimum absolute atomic E-state index is 0.0690. The summed E-state index contributed by atoms with van der Waals surface area (Å²) in [6, 6.07) is 3.03. The summed E-state index contributed by atoms with van der Waals surface area (Å²) in [7, 11) is -3.97. The molecule has 2 heterocycles. The molecule has 4 aliphatic rings. The first-order valence-corrected chi connectivity index (χ1v) is 17.0. The number of nitrogens with one attached hydrogen (secondary N) is 3. The smallest absolute Gasteiger partial charge is 0.411 e. The highest BCUT2D eigenvalue weighted by atomic mass is 32.2. The Hall–Kier alpha value is -3.52. The van der Waals surface area contributed by atoms with Gasteiger partial charge >= 0.3 is 6.09 Å². The molecule has 4 amide bonds. The molecule has 12 nitrogen and oxygen atoms in total. The molecular weight excluding hydrogens is 605 g/mol. The number of nitrogens with zero attached hydrogens (tertiary/aromatic N) is 1. The van der Waals surface area contributed by atoms with Crippen LogP contribution in [0.3, 0.4) is 0 Å². The van der Waals surface area contributed by atoms with Crippen LogP contribution in [0.1, 0.15) is 65.7 Å². The third kappa shape index (κ3) is 7.01. The third-order valence-electron chi connectivity index (χ3n) is 9.68. The quantitative estimate of drug-likeness (QED) is 0.353. The molecule has 2 saturated carbocycles. The number of carbonyl (C=O) groups excluding carboxylic acids is 4. The summed E-state index contributed by atoms with van der Waals surface area (Å²) < 4.78 is 45.9. The maximum atomic E-state index is 13.9. The monoisotopic (exact) mass is 647 g/mol. The second kappa shape index (κ2) is 12.3. The number of rotatable bonds is 5. The number of benzene rings is 1. The van der Waals surface area contributed by atoms with Crippen LogP contribution in [0, 0.1) is 23.6 Å². The number of sulfonamides is 1. The van der Waals surface area contributed by atoms with Crippen LogP contribution in [0.4, 0.5) is 14.9 Å². The van der Waals surface area contributed by atoms with Crippen LogP contribution in [0.5, 0.6) is 0 Å². The molecule has 2 aliphatic carbocycles. The highest BCUT2D eigenvalue weighted by Crippen LogP contribution is 2.47. The normalized spacial score (nSPS) is 33.8. The van der Waals surface area contributed by atoms with Crippen molar-refractivity contribution in [3.05, 3.63) is 42.2 Å². The van der Waals surface area contributed by atoms with E-state index in [9.17, 15) is 32.0 Å². The van der Waals surface area contributed by atoms with Crippen molar-refractivity contribution in [2.24, 2.45) is 23.5 Å². The van der Waals surface area contributed by atoms with E-state index in [4.69, 9.17) is 10.5 Å². The molecule has 246 valence electrons. The lowest BCUT2D eigenvalue weighted by Crippen LogP contribution is -2.58. The highest BCUT2D eigenvalue weighted by molar-refractivity contribution is 7.91. The molecule has 14 heteroatoms. The number of fused-ring (bicyclic) bond motifs is 2. The van der Waals surface area contributed by atoms with Crippen molar-refractivity contribution < 1.29 is 36.7 Å². The fourth-order valence-electron chi connectivity index (χ4n) is 6.25. The Morgan fingerprint density at radius 1 is 1.13 bits per heavy atom. The van der Waals surface area contributed by atoms with Crippen LogP contribution in [-0.4, -0.2) is 72.2 Å². The van der Waals surface area contributed by atoms with Crippen LogP contribution in [0.15, 0.2) is 36.4 Å². The third-order valence-corrected chi connectivity index (χ3v) is 11.8. The van der Waals surface area contributed by atoms with Gasteiger partial charge in [-0.25, -0.2) is 17.6 Å². The van der Waals surface area contributed by atoms with E-state index >= 15 is 0 Å². The zero-order valence-corrected chi connectivity index (χ0v) is 26.6. The fourth-order valence-corrected chi connectivity index (χ4v) is 7.56. The number of hydrogen-bond donors (Lipinski definition) is 4. The van der Waals surface area contributed by atoms with Crippen molar-refractivity contribution in [1.29, 1.82) is 0 Å². The molecule has 0 aromatic heterocycles. The van der Waals surface area contributed by atoms with E-state index in [0.717, 1.165) is 6.42 Å². The summed E-state index contributed by atoms with van der Waals surface area (Å²) in [5, 5.41) is 5.29. The molecule has 2 aliphatic heterocycles. The summed E-state index contributed by atoms with van der Waals surface area (Å²) >= 11 is 0. The molecular formula is C31H42FN5O7S. The number of hydrogen-bond acceptors (Lipinski definition) is 8. The van der Waals surface area contributed by atoms with Crippen LogP contribution >= 0.6 is 0 Å². The van der Waals surface area contributed by atoms with Gasteiger partial charge in [0, 0.05) is 18.0 Å². The molecule has 5 N–H and O–H groups in total. The number of allylic oxidation sites excluding steroid dienone is 1. The second-order valence-corrected chi connectivity index (χ2v) is 15.6. The van der Waals surface area contributed by atoms with Gasteiger partial charge in [-0.2, -0.15) is 0 Å². The van der Waals surface area contributed by atoms with Crippen LogP contribution in [0.25, 0.3) is 0 Å². The lowest BCUT2D eigenvalue weighted by molar-refractivity contribution is -0.141. The maximum absolute atomic E-state index is 13.9. The van der Waals surface area contributed by atoms with Gasteiger partial charge in [-0.1, -0.05) is 26.0 Å². The Morgan fingerprint density at radius 2 is 1.82 bits per heavy atom. The van der Waals surface area contributed by atoms with Crippen LogP contribution in [0.2, 0.25) is 0 Å². The van der Waals surface area contributed by atoms with Crippen molar-refractivity contribution in [2.45, 2.75) is 94.2 Å². The van der Waals surface area contributed by atoms with Gasteiger partial charge in [0.25, 0.3) is 5.91 Å². The lowest BCUT2D eigenvalue weighted by Gasteiger charge is -2.30. The molecule has 0 spiro atoms. The van der Waals surface area contributed by atoms with E-state index in [1.54, 1.807) is 6.92 Å². The highest BCUT2D eigenvalue weighted by Gasteiger charge is 2.63. The summed E-state index contributed by atoms with van der Waals surface area (Å²) in [5.41, 5.74) is 5.22. The SMILES string of the molecule is CC1CC/C=C\C2C[C@@]2(C(=O)NS(=O)(=O)C2(C)CC2)NC(=O)[C@@H]2C[C@@H](OC(=O)Nc3ccc(F)cc3)CN2C(=O)[C@@H](N)[C@H](C)C1. The van der Waals surface area contributed by atoms with E-state index in [2.05, 4.69) is 22.3 Å². The molecule has 45 heavy (non-hydrogen) atoms. The van der Waals surface area contributed by atoms with Gasteiger partial charge in [0.1, 0.15) is 23.5 Å². The predicted molar refractivity (Wildman–Crippen MR) is 163 cm³/mol. The number of nitrogens with two attached hydrogens (primary N) is 1. The van der Waals surface area contributed by atoms with Crippen molar-refractivity contribution >= 4 is 39.5 Å². The van der Waals surface area contributed by atoms with Crippen molar-refractivity contribution in [3.63, 3.8) is 0 Å². The van der Waals surface area contributed by atoms with Gasteiger partial charge < -0.3 is 20.7 Å². The van der Waals surface area contributed by atoms with E-state index in [0.29, 0.717) is 31.4 Å². The van der Waals surface area contributed by atoms with Crippen molar-refractivity contribution in [2.75, 3.05) is 11.9 Å². The summed E-state index contributed by atoms with van der Waals surface area (Å²) in [6.45, 7) is 5.42. The van der Waals surface area contributed by atoms with E-state index in [-0.39, 0.29) is 31.2 Å². The number of anilines is 1. The van der Waals surface area contributed by atoms with E-state index in [1.165, 1.54) is 29.2 Å². The summed E-state index contributed by atoms with van der Waals surface area (Å²) in [4.78, 5) is 55.2. The first-order valence-electron chi connectivity index (χ1n) is 15.5. The van der Waals surface area contributed by atoms with Gasteiger partial charge in [0.2, 0.25) is 21.8 Å². The second-order valence-electron chi connectivity index (χ2n) is 13.4. The Kier molecular flexibility index (Phi) is 9.02. The maximum Gasteiger partial charge on any atom is 0.411 e. The first kappa shape index (κ1) is 32.9. The average molecular weight is 648 g/mol. The van der Waals surface area contributed by atoms with Gasteiger partial charge in [0.15, 0.2) is 0 Å². The van der Waals surface area contributed by atoms with Gasteiger partial charge in [0.05, 0.1) is 17.3 Å². The first-order chi connectivity index (χ1) is 21.1. The Balaban J connectivity index is 1.39. The number of ether oxygens (including phenoxy) is 1. The Bertz CT molecular complexity index is 1480. The molecule has 0 bridgehead atoms. The topological polar surface area (TPSA) is 177 Å². The lowest BCUT2D eigenvalue weighted by atomic mass is 9.88. The molecule has 3 fully saturated rings. The van der Waals surface area contributed by atoms with Gasteiger partial charge in [-0.05, 0) is 81.5 Å². The molecule has 1 aromatic carbocycles. The van der Waals surface area contributed by atoms with Crippen molar-refractivity contribution in [3.8, 4) is 0 Å². The van der Waals surface area contributed by atoms with E-state index in [1.807, 2.05) is 19.1 Å². The molecule has 0 radical (unpaired) electrons. The Labute approximate surface area is 262 Å². The number of amides is 4. The molecule has 1 aromatic rings. The average Bonchev–Trinajstić information content (AvgIpc) is 3.85. The summed E-state index contributed by atoms with van der Waals surface area (Å²) in [6.07, 6.45) is 5.25. The molecule has 5 rings (SSSR count). The minimum atomic E-state index is -3.97. The van der Waals surface area contributed by atoms with Crippen molar-refractivity contribution in [1.82, 2.24) is 14.9 Å². The van der Waals surface area contributed by atoms with Crippen LogP contribution < -0.4 is 21.1 Å². The molecule has 7 atom stereocenters. The van der Waals surface area contributed by atoms with Gasteiger partial charge in [-0.15, -0.1) is 0 Å². The van der Waals surface area contributed by atoms with Gasteiger partial charge in [-0.3, -0.25) is 24.4 Å².